The van der Waals surface area contributed by atoms with Crippen LogP contribution in [0.5, 0.6) is 0 Å². The van der Waals surface area contributed by atoms with E-state index in [1.807, 2.05) is 30.6 Å². The molecule has 8 rings (SSSR count). The molecule has 0 unspecified atom stereocenters. The van der Waals surface area contributed by atoms with E-state index in [1.165, 1.54) is 11.1 Å². The average molecular weight is 537 g/mol. The Labute approximate surface area is 243 Å². The second kappa shape index (κ2) is 10.0. The van der Waals surface area contributed by atoms with E-state index in [-0.39, 0.29) is 0 Å². The molecule has 0 N–H and O–H groups in total. The Morgan fingerprint density at radius 1 is 0.429 bits per heavy atom. The Bertz CT molecular complexity index is 2230. The summed E-state index contributed by atoms with van der Waals surface area (Å²) < 4.78 is 0. The van der Waals surface area contributed by atoms with Crippen LogP contribution in [0.15, 0.2) is 146 Å². The first-order chi connectivity index (χ1) is 20.8. The summed E-state index contributed by atoms with van der Waals surface area (Å²) in [5, 5.41) is 4.13. The van der Waals surface area contributed by atoms with Crippen molar-refractivity contribution < 1.29 is 0 Å². The van der Waals surface area contributed by atoms with Crippen LogP contribution in [-0.4, -0.2) is 19.9 Å². The van der Waals surface area contributed by atoms with Crippen molar-refractivity contribution in [3.05, 3.63) is 146 Å². The van der Waals surface area contributed by atoms with Crippen LogP contribution in [0.3, 0.4) is 0 Å². The Morgan fingerprint density at radius 3 is 1.79 bits per heavy atom. The first kappa shape index (κ1) is 24.1. The van der Waals surface area contributed by atoms with Crippen LogP contribution in [0.4, 0.5) is 0 Å². The minimum atomic E-state index is 0.688. The number of fused-ring (bicyclic) bond motifs is 4. The third kappa shape index (κ3) is 4.01. The maximum absolute atomic E-state index is 5.32. The van der Waals surface area contributed by atoms with Crippen molar-refractivity contribution in [2.24, 2.45) is 0 Å². The molecule has 0 amide bonds. The molecule has 2 aromatic heterocycles. The van der Waals surface area contributed by atoms with Gasteiger partial charge in [-0.25, -0.2) is 19.9 Å². The van der Waals surface area contributed by atoms with E-state index in [0.717, 1.165) is 60.4 Å². The third-order valence-corrected chi connectivity index (χ3v) is 7.87. The van der Waals surface area contributed by atoms with Gasteiger partial charge in [0.25, 0.3) is 0 Å². The van der Waals surface area contributed by atoms with Gasteiger partial charge in [0, 0.05) is 39.9 Å². The van der Waals surface area contributed by atoms with Crippen LogP contribution in [-0.2, 0) is 0 Å². The number of nitrogens with zero attached hydrogens (tertiary/aromatic N) is 4. The van der Waals surface area contributed by atoms with Gasteiger partial charge in [-0.2, -0.15) is 0 Å². The highest BCUT2D eigenvalue weighted by atomic mass is 14.9. The maximum atomic E-state index is 5.32. The fourth-order valence-electron chi connectivity index (χ4n) is 5.92. The lowest BCUT2D eigenvalue weighted by Crippen LogP contribution is -1.98. The molecule has 196 valence electrons. The average Bonchev–Trinajstić information content (AvgIpc) is 3.08. The van der Waals surface area contributed by atoms with Crippen LogP contribution in [0.2, 0.25) is 0 Å². The van der Waals surface area contributed by atoms with Gasteiger partial charge in [-0.15, -0.1) is 0 Å². The predicted octanol–water partition coefficient (Wildman–Crippen LogP) is 9.39. The van der Waals surface area contributed by atoms with Gasteiger partial charge in [-0.1, -0.05) is 121 Å². The standard InChI is InChI=1S/C38H24N4/c1-4-11-25(12-5-1)28-19-20-30-29(21-28)17-10-18-31(30)38-40-23-33-32-22-39-24-41-36(32)34(26-13-6-2-7-14-26)35(37(33)42-38)27-15-8-3-9-16-27/h1-24H. The summed E-state index contributed by atoms with van der Waals surface area (Å²) in [6, 6.07) is 44.3. The summed E-state index contributed by atoms with van der Waals surface area (Å²) in [6.07, 6.45) is 5.42. The van der Waals surface area contributed by atoms with Crippen LogP contribution in [0.25, 0.3) is 77.3 Å². The van der Waals surface area contributed by atoms with Gasteiger partial charge in [-0.05, 0) is 39.1 Å². The molecule has 0 aliphatic rings. The normalized spacial score (nSPS) is 11.3. The summed E-state index contributed by atoms with van der Waals surface area (Å²) in [7, 11) is 0. The summed E-state index contributed by atoms with van der Waals surface area (Å²) in [5.74, 6) is 0.688. The molecule has 4 nitrogen and oxygen atoms in total. The zero-order valence-corrected chi connectivity index (χ0v) is 22.6. The van der Waals surface area contributed by atoms with E-state index in [4.69, 9.17) is 15.0 Å². The van der Waals surface area contributed by atoms with Crippen LogP contribution >= 0.6 is 0 Å². The number of hydrogen-bond acceptors (Lipinski definition) is 4. The molecule has 42 heavy (non-hydrogen) atoms. The van der Waals surface area contributed by atoms with E-state index in [2.05, 4.69) is 114 Å². The highest BCUT2D eigenvalue weighted by molar-refractivity contribution is 6.19. The Kier molecular flexibility index (Phi) is 5.75. The molecule has 0 bridgehead atoms. The van der Waals surface area contributed by atoms with Crippen molar-refractivity contribution in [3.63, 3.8) is 0 Å². The lowest BCUT2D eigenvalue weighted by Gasteiger charge is -2.17. The molecule has 0 aliphatic carbocycles. The van der Waals surface area contributed by atoms with Gasteiger partial charge in [-0.3, -0.25) is 0 Å². The monoisotopic (exact) mass is 536 g/mol. The van der Waals surface area contributed by atoms with E-state index < -0.39 is 0 Å². The first-order valence-electron chi connectivity index (χ1n) is 14.0. The molecule has 2 heterocycles. The minimum absolute atomic E-state index is 0.688. The fraction of sp³-hybridized carbons (Fsp3) is 0. The molecule has 0 spiro atoms. The van der Waals surface area contributed by atoms with Gasteiger partial charge in [0.15, 0.2) is 5.82 Å². The van der Waals surface area contributed by atoms with Crippen LogP contribution in [0, 0.1) is 0 Å². The zero-order chi connectivity index (χ0) is 27.9. The van der Waals surface area contributed by atoms with Crippen molar-refractivity contribution >= 4 is 32.6 Å². The highest BCUT2D eigenvalue weighted by Gasteiger charge is 2.21. The Morgan fingerprint density at radius 2 is 1.07 bits per heavy atom. The van der Waals surface area contributed by atoms with Gasteiger partial charge in [0.1, 0.15) is 6.33 Å². The first-order valence-corrected chi connectivity index (χ1v) is 14.0. The lowest BCUT2D eigenvalue weighted by atomic mass is 9.89. The summed E-state index contributed by atoms with van der Waals surface area (Å²) in [5.41, 5.74) is 9.39. The minimum Gasteiger partial charge on any atom is -0.244 e. The Hall–Kier alpha value is -5.74. The topological polar surface area (TPSA) is 51.6 Å². The molecule has 0 saturated carbocycles. The van der Waals surface area contributed by atoms with Gasteiger partial charge >= 0.3 is 0 Å². The molecular formula is C38H24N4. The molecule has 8 aromatic rings. The summed E-state index contributed by atoms with van der Waals surface area (Å²) in [6.45, 7) is 0. The summed E-state index contributed by atoms with van der Waals surface area (Å²) in [4.78, 5) is 19.4. The molecular weight excluding hydrogens is 512 g/mol. The molecule has 6 aromatic carbocycles. The maximum Gasteiger partial charge on any atom is 0.160 e. The second-order valence-electron chi connectivity index (χ2n) is 10.3. The van der Waals surface area contributed by atoms with Gasteiger partial charge < -0.3 is 0 Å². The van der Waals surface area contributed by atoms with Gasteiger partial charge in [0.2, 0.25) is 0 Å². The lowest BCUT2D eigenvalue weighted by molar-refractivity contribution is 1.21. The zero-order valence-electron chi connectivity index (χ0n) is 22.6. The van der Waals surface area contributed by atoms with E-state index in [9.17, 15) is 0 Å². The predicted molar refractivity (Wildman–Crippen MR) is 172 cm³/mol. The molecule has 0 radical (unpaired) electrons. The fourth-order valence-corrected chi connectivity index (χ4v) is 5.92. The molecule has 0 fully saturated rings. The van der Waals surface area contributed by atoms with Crippen molar-refractivity contribution in [1.82, 2.24) is 19.9 Å². The second-order valence-corrected chi connectivity index (χ2v) is 10.3. The number of hydrogen-bond donors (Lipinski definition) is 0. The van der Waals surface area contributed by atoms with E-state index >= 15 is 0 Å². The van der Waals surface area contributed by atoms with E-state index in [0.29, 0.717) is 5.82 Å². The molecule has 0 atom stereocenters. The smallest absolute Gasteiger partial charge is 0.160 e. The van der Waals surface area contributed by atoms with Crippen molar-refractivity contribution in [1.29, 1.82) is 0 Å². The van der Waals surface area contributed by atoms with E-state index in [1.54, 1.807) is 6.33 Å². The van der Waals surface area contributed by atoms with Gasteiger partial charge in [0.05, 0.1) is 11.0 Å². The van der Waals surface area contributed by atoms with Crippen molar-refractivity contribution in [2.45, 2.75) is 0 Å². The molecule has 0 saturated heterocycles. The number of aromatic nitrogens is 4. The molecule has 4 heteroatoms. The van der Waals surface area contributed by atoms with Crippen LogP contribution < -0.4 is 0 Å². The Balaban J connectivity index is 1.43. The SMILES string of the molecule is c1ccc(-c2ccc3c(-c4ncc5c(n4)c(-c4ccccc4)c(-c4ccccc4)c4ncncc45)cccc3c2)cc1. The van der Waals surface area contributed by atoms with Crippen LogP contribution in [0.1, 0.15) is 0 Å². The molecule has 0 aliphatic heterocycles. The number of rotatable bonds is 4. The largest absolute Gasteiger partial charge is 0.244 e. The highest BCUT2D eigenvalue weighted by Crippen LogP contribution is 2.43. The van der Waals surface area contributed by atoms with Crippen molar-refractivity contribution in [2.75, 3.05) is 0 Å². The van der Waals surface area contributed by atoms with Crippen molar-refractivity contribution in [3.8, 4) is 44.8 Å². The number of benzene rings is 6. The quantitative estimate of drug-likeness (QED) is 0.210. The third-order valence-electron chi connectivity index (χ3n) is 7.87. The summed E-state index contributed by atoms with van der Waals surface area (Å²) >= 11 is 0.